The molecule has 0 aliphatic carbocycles. The van der Waals surface area contributed by atoms with Crippen molar-refractivity contribution in [2.75, 3.05) is 18.4 Å². The Morgan fingerprint density at radius 1 is 1.06 bits per heavy atom. The number of halogens is 5. The summed E-state index contributed by atoms with van der Waals surface area (Å²) in [5.41, 5.74) is -0.140. The molecule has 0 aliphatic rings. The van der Waals surface area contributed by atoms with E-state index in [0.29, 0.717) is 5.69 Å². The van der Waals surface area contributed by atoms with Crippen LogP contribution in [0.5, 0.6) is 0 Å². The Morgan fingerprint density at radius 3 is 2.22 bits per heavy atom. The predicted molar refractivity (Wildman–Crippen MR) is 115 cm³/mol. The van der Waals surface area contributed by atoms with Crippen molar-refractivity contribution in [1.29, 1.82) is 0 Å². The first-order chi connectivity index (χ1) is 15.1. The zero-order valence-corrected chi connectivity index (χ0v) is 18.2. The number of benzene rings is 2. The van der Waals surface area contributed by atoms with Crippen LogP contribution in [0.3, 0.4) is 0 Å². The normalized spacial score (nSPS) is 11.3. The van der Waals surface area contributed by atoms with Gasteiger partial charge >= 0.3 is 6.18 Å². The molecule has 0 aliphatic heterocycles. The Kier molecular flexibility index (Phi) is 7.10. The summed E-state index contributed by atoms with van der Waals surface area (Å²) in [7, 11) is 0. The van der Waals surface area contributed by atoms with E-state index in [9.17, 15) is 22.8 Å². The number of nitrogens with zero attached hydrogens (tertiary/aromatic N) is 3. The van der Waals surface area contributed by atoms with Crippen LogP contribution in [-0.2, 0) is 11.0 Å². The van der Waals surface area contributed by atoms with Crippen molar-refractivity contribution in [3.05, 3.63) is 76.0 Å². The molecular formula is C21H17Cl2F3N4O2. The lowest BCUT2D eigenvalue weighted by Crippen LogP contribution is -2.38. The second-order valence-corrected chi connectivity index (χ2v) is 7.47. The largest absolute Gasteiger partial charge is 0.435 e. The van der Waals surface area contributed by atoms with E-state index in [1.54, 1.807) is 25.1 Å². The number of hydrogen-bond donors (Lipinski definition) is 1. The smallest absolute Gasteiger partial charge is 0.330 e. The van der Waals surface area contributed by atoms with Gasteiger partial charge in [0, 0.05) is 18.3 Å². The topological polar surface area (TPSA) is 67.2 Å². The van der Waals surface area contributed by atoms with Crippen LogP contribution in [0.15, 0.2) is 54.7 Å². The number of anilines is 1. The molecule has 168 valence electrons. The molecule has 0 radical (unpaired) electrons. The van der Waals surface area contributed by atoms with E-state index in [4.69, 9.17) is 23.2 Å². The Morgan fingerprint density at radius 2 is 1.69 bits per heavy atom. The SMILES string of the molecule is CCN(CC(=O)Nc1c(Cl)cccc1Cl)C(=O)c1ccc(-n2ccc(C(F)(F)F)n2)cc1. The van der Waals surface area contributed by atoms with Crippen molar-refractivity contribution in [2.24, 2.45) is 0 Å². The van der Waals surface area contributed by atoms with E-state index in [0.717, 1.165) is 10.7 Å². The molecule has 2 aromatic carbocycles. The molecule has 3 rings (SSSR count). The molecule has 0 bridgehead atoms. The first-order valence-electron chi connectivity index (χ1n) is 9.36. The third-order valence-electron chi connectivity index (χ3n) is 4.49. The Balaban J connectivity index is 1.70. The maximum atomic E-state index is 12.8. The molecule has 0 unspecified atom stereocenters. The Labute approximate surface area is 191 Å². The van der Waals surface area contributed by atoms with Gasteiger partial charge in [-0.2, -0.15) is 18.3 Å². The molecule has 2 amide bonds. The standard InChI is InChI=1S/C21H17Cl2F3N4O2/c1-2-29(12-18(31)27-19-15(22)4-3-5-16(19)23)20(32)13-6-8-14(9-7-13)30-11-10-17(28-30)21(24,25)26/h3-11H,2,12H2,1H3,(H,27,31). The lowest BCUT2D eigenvalue weighted by Gasteiger charge is -2.21. The van der Waals surface area contributed by atoms with Crippen LogP contribution in [0.25, 0.3) is 5.69 Å². The number of para-hydroxylation sites is 1. The van der Waals surface area contributed by atoms with Crippen LogP contribution < -0.4 is 5.32 Å². The van der Waals surface area contributed by atoms with Gasteiger partial charge in [-0.3, -0.25) is 9.59 Å². The number of amides is 2. The molecule has 1 aromatic heterocycles. The van der Waals surface area contributed by atoms with Crippen LogP contribution in [0.2, 0.25) is 10.0 Å². The molecule has 0 fully saturated rings. The zero-order chi connectivity index (χ0) is 23.5. The van der Waals surface area contributed by atoms with Crippen LogP contribution >= 0.6 is 23.2 Å². The van der Waals surface area contributed by atoms with Gasteiger partial charge in [0.2, 0.25) is 5.91 Å². The van der Waals surface area contributed by atoms with Gasteiger partial charge < -0.3 is 10.2 Å². The van der Waals surface area contributed by atoms with E-state index < -0.39 is 23.7 Å². The first kappa shape index (κ1) is 23.6. The van der Waals surface area contributed by atoms with E-state index in [1.165, 1.54) is 35.4 Å². The fourth-order valence-electron chi connectivity index (χ4n) is 2.85. The van der Waals surface area contributed by atoms with Crippen LogP contribution in [0, 0.1) is 0 Å². The van der Waals surface area contributed by atoms with Gasteiger partial charge in [-0.1, -0.05) is 29.3 Å². The van der Waals surface area contributed by atoms with Gasteiger partial charge in [-0.15, -0.1) is 0 Å². The number of carbonyl (C=O) groups excluding carboxylic acids is 2. The summed E-state index contributed by atoms with van der Waals surface area (Å²) >= 11 is 12.1. The fourth-order valence-corrected chi connectivity index (χ4v) is 3.35. The lowest BCUT2D eigenvalue weighted by molar-refractivity contribution is -0.141. The molecule has 0 atom stereocenters. The number of aromatic nitrogens is 2. The minimum absolute atomic E-state index is 0.243. The monoisotopic (exact) mass is 484 g/mol. The van der Waals surface area contributed by atoms with E-state index >= 15 is 0 Å². The van der Waals surface area contributed by atoms with Crippen LogP contribution in [0.1, 0.15) is 23.0 Å². The molecule has 1 heterocycles. The summed E-state index contributed by atoms with van der Waals surface area (Å²) in [6.45, 7) is 1.72. The van der Waals surface area contributed by atoms with Gasteiger partial charge in [0.05, 0.1) is 21.4 Å². The second-order valence-electron chi connectivity index (χ2n) is 6.65. The maximum absolute atomic E-state index is 12.8. The molecule has 6 nitrogen and oxygen atoms in total. The van der Waals surface area contributed by atoms with Crippen molar-refractivity contribution in [2.45, 2.75) is 13.1 Å². The molecule has 0 saturated heterocycles. The van der Waals surface area contributed by atoms with Crippen molar-refractivity contribution in [3.63, 3.8) is 0 Å². The summed E-state index contributed by atoms with van der Waals surface area (Å²) in [5.74, 6) is -0.904. The number of alkyl halides is 3. The third-order valence-corrected chi connectivity index (χ3v) is 5.12. The Bertz CT molecular complexity index is 1110. The summed E-state index contributed by atoms with van der Waals surface area (Å²) in [6, 6.07) is 11.5. The molecule has 1 N–H and O–H groups in total. The van der Waals surface area contributed by atoms with Gasteiger partial charge in [-0.25, -0.2) is 4.68 Å². The van der Waals surface area contributed by atoms with Crippen molar-refractivity contribution >= 4 is 40.7 Å². The summed E-state index contributed by atoms with van der Waals surface area (Å²) in [4.78, 5) is 26.5. The highest BCUT2D eigenvalue weighted by Gasteiger charge is 2.33. The third kappa shape index (κ3) is 5.41. The van der Waals surface area contributed by atoms with E-state index in [2.05, 4.69) is 10.4 Å². The highest BCUT2D eigenvalue weighted by molar-refractivity contribution is 6.39. The van der Waals surface area contributed by atoms with E-state index in [1.807, 2.05) is 0 Å². The highest BCUT2D eigenvalue weighted by Crippen LogP contribution is 2.30. The van der Waals surface area contributed by atoms with Crippen molar-refractivity contribution < 1.29 is 22.8 Å². The molecule has 0 saturated carbocycles. The molecule has 3 aromatic rings. The minimum Gasteiger partial charge on any atom is -0.330 e. The molecular weight excluding hydrogens is 468 g/mol. The summed E-state index contributed by atoms with van der Waals surface area (Å²) in [5, 5.41) is 6.62. The quantitative estimate of drug-likeness (QED) is 0.516. The van der Waals surface area contributed by atoms with Gasteiger partial charge in [0.1, 0.15) is 6.54 Å². The predicted octanol–water partition coefficient (Wildman–Crippen LogP) is 5.30. The summed E-state index contributed by atoms with van der Waals surface area (Å²) in [6.07, 6.45) is -3.36. The van der Waals surface area contributed by atoms with Gasteiger partial charge in [0.15, 0.2) is 5.69 Å². The zero-order valence-electron chi connectivity index (χ0n) is 16.7. The summed E-state index contributed by atoms with van der Waals surface area (Å²) < 4.78 is 39.2. The minimum atomic E-state index is -4.54. The fraction of sp³-hybridized carbons (Fsp3) is 0.190. The van der Waals surface area contributed by atoms with Crippen LogP contribution in [-0.4, -0.2) is 39.6 Å². The highest BCUT2D eigenvalue weighted by atomic mass is 35.5. The number of rotatable bonds is 6. The average molecular weight is 485 g/mol. The first-order valence-corrected chi connectivity index (χ1v) is 10.1. The van der Waals surface area contributed by atoms with Crippen molar-refractivity contribution in [3.8, 4) is 5.69 Å². The van der Waals surface area contributed by atoms with Crippen molar-refractivity contribution in [1.82, 2.24) is 14.7 Å². The maximum Gasteiger partial charge on any atom is 0.435 e. The lowest BCUT2D eigenvalue weighted by atomic mass is 10.1. The number of likely N-dealkylation sites (N-methyl/N-ethyl adjacent to an activating group) is 1. The van der Waals surface area contributed by atoms with Gasteiger partial charge in [0.25, 0.3) is 5.91 Å². The molecule has 11 heteroatoms. The molecule has 32 heavy (non-hydrogen) atoms. The van der Waals surface area contributed by atoms with E-state index in [-0.39, 0.29) is 34.4 Å². The number of nitrogens with one attached hydrogen (secondary N) is 1. The number of hydrogen-bond acceptors (Lipinski definition) is 3. The Hall–Kier alpha value is -3.04. The second kappa shape index (κ2) is 9.62. The average Bonchev–Trinajstić information content (AvgIpc) is 3.25. The number of carbonyl (C=O) groups is 2. The van der Waals surface area contributed by atoms with Gasteiger partial charge in [-0.05, 0) is 49.4 Å². The molecule has 0 spiro atoms. The van der Waals surface area contributed by atoms with Crippen LogP contribution in [0.4, 0.5) is 18.9 Å².